The predicted molar refractivity (Wildman–Crippen MR) is 72.4 cm³/mol. The lowest BCUT2D eigenvalue weighted by molar-refractivity contribution is -0.0658. The molecule has 0 aliphatic heterocycles. The number of nitrogens with two attached hydrogens (primary N) is 1. The van der Waals surface area contributed by atoms with Gasteiger partial charge >= 0.3 is 0 Å². The minimum Gasteiger partial charge on any atom is -0.370 e. The van der Waals surface area contributed by atoms with Crippen molar-refractivity contribution in [2.24, 2.45) is 11.7 Å². The van der Waals surface area contributed by atoms with Crippen molar-refractivity contribution in [3.8, 4) is 0 Å². The van der Waals surface area contributed by atoms with Crippen molar-refractivity contribution >= 4 is 0 Å². The lowest BCUT2D eigenvalue weighted by Gasteiger charge is -2.36. The molecule has 1 aromatic heterocycles. The Balaban J connectivity index is 2.29. The Hall–Kier alpha value is -0.940. The Morgan fingerprint density at radius 3 is 2.89 bits per heavy atom. The molecule has 19 heavy (non-hydrogen) atoms. The van der Waals surface area contributed by atoms with Gasteiger partial charge in [0, 0.05) is 7.11 Å². The number of hydrogen-bond acceptors (Lipinski definition) is 5. The molecule has 2 N–H and O–H groups in total. The highest BCUT2D eigenvalue weighted by atomic mass is 16.5. The Morgan fingerprint density at radius 1 is 1.58 bits per heavy atom. The minimum absolute atomic E-state index is 0.400. The molecule has 5 nitrogen and oxygen atoms in total. The highest BCUT2D eigenvalue weighted by molar-refractivity contribution is 5.07. The zero-order valence-corrected chi connectivity index (χ0v) is 12.4. The van der Waals surface area contributed by atoms with Crippen molar-refractivity contribution in [1.82, 2.24) is 10.1 Å². The van der Waals surface area contributed by atoms with Crippen LogP contribution in [-0.2, 0) is 15.9 Å². The van der Waals surface area contributed by atoms with E-state index in [1.165, 1.54) is 6.42 Å². The number of nitrogens with zero attached hydrogens (tertiary/aromatic N) is 2. The summed E-state index contributed by atoms with van der Waals surface area (Å²) in [7, 11) is 1.73. The highest BCUT2D eigenvalue weighted by Crippen LogP contribution is 2.41. The van der Waals surface area contributed by atoms with Crippen LogP contribution in [0.4, 0.5) is 0 Å². The molecule has 5 heteroatoms. The second kappa shape index (κ2) is 5.21. The first-order valence-electron chi connectivity index (χ1n) is 7.12. The molecular weight excluding hydrogens is 242 g/mol. The summed E-state index contributed by atoms with van der Waals surface area (Å²) < 4.78 is 11.1. The van der Waals surface area contributed by atoms with Crippen LogP contribution in [0.25, 0.3) is 0 Å². The molecule has 1 saturated carbocycles. The normalized spacial score (nSPS) is 31.1. The number of aromatic nitrogens is 2. The van der Waals surface area contributed by atoms with Gasteiger partial charge in [0.25, 0.3) is 0 Å². The maximum absolute atomic E-state index is 6.16. The molecule has 0 aromatic carbocycles. The molecule has 0 spiro atoms. The largest absolute Gasteiger partial charge is 0.370 e. The number of rotatable bonds is 4. The zero-order valence-electron chi connectivity index (χ0n) is 12.4. The van der Waals surface area contributed by atoms with Gasteiger partial charge in [0.2, 0.25) is 11.7 Å². The van der Waals surface area contributed by atoms with Gasteiger partial charge in [0.15, 0.2) is 0 Å². The quantitative estimate of drug-likeness (QED) is 0.907. The number of hydrogen-bond donors (Lipinski definition) is 1. The average molecular weight is 267 g/mol. The zero-order chi connectivity index (χ0) is 14.1. The van der Waals surface area contributed by atoms with E-state index in [1.807, 2.05) is 13.8 Å². The van der Waals surface area contributed by atoms with E-state index in [2.05, 4.69) is 17.1 Å². The van der Waals surface area contributed by atoms with Gasteiger partial charge in [-0.05, 0) is 38.5 Å². The van der Waals surface area contributed by atoms with Crippen LogP contribution in [0.2, 0.25) is 0 Å². The van der Waals surface area contributed by atoms with Crippen molar-refractivity contribution in [3.05, 3.63) is 11.7 Å². The topological polar surface area (TPSA) is 74.2 Å². The monoisotopic (exact) mass is 267 g/mol. The minimum atomic E-state index is -0.569. The summed E-state index contributed by atoms with van der Waals surface area (Å²) in [4.78, 5) is 4.53. The molecule has 1 heterocycles. The second-order valence-corrected chi connectivity index (χ2v) is 6.09. The van der Waals surface area contributed by atoms with Crippen molar-refractivity contribution in [2.75, 3.05) is 7.11 Å². The van der Waals surface area contributed by atoms with Gasteiger partial charge in [-0.15, -0.1) is 0 Å². The first kappa shape index (κ1) is 14.5. The molecule has 0 radical (unpaired) electrons. The van der Waals surface area contributed by atoms with Gasteiger partial charge in [0.1, 0.15) is 5.60 Å². The standard InChI is InChI=1S/C14H25N3O2/c1-5-13(3,15)12-16-11(17-19-12)14(18-4)8-6-7-10(2)9-14/h10H,5-9,15H2,1-4H3. The maximum Gasteiger partial charge on any atom is 0.246 e. The van der Waals surface area contributed by atoms with Crippen LogP contribution in [0.3, 0.4) is 0 Å². The second-order valence-electron chi connectivity index (χ2n) is 6.09. The summed E-state index contributed by atoms with van der Waals surface area (Å²) in [5.41, 5.74) is 5.19. The first-order valence-corrected chi connectivity index (χ1v) is 7.12. The third-order valence-electron chi connectivity index (χ3n) is 4.40. The third-order valence-corrected chi connectivity index (χ3v) is 4.40. The van der Waals surface area contributed by atoms with Crippen LogP contribution in [0, 0.1) is 5.92 Å². The highest BCUT2D eigenvalue weighted by Gasteiger charge is 2.42. The van der Waals surface area contributed by atoms with E-state index in [1.54, 1.807) is 7.11 Å². The van der Waals surface area contributed by atoms with Gasteiger partial charge in [-0.25, -0.2) is 0 Å². The molecule has 0 bridgehead atoms. The van der Waals surface area contributed by atoms with E-state index in [-0.39, 0.29) is 0 Å². The van der Waals surface area contributed by atoms with Crippen LogP contribution in [0.1, 0.15) is 64.6 Å². The first-order chi connectivity index (χ1) is 8.93. The van der Waals surface area contributed by atoms with Crippen LogP contribution in [0.5, 0.6) is 0 Å². The van der Waals surface area contributed by atoms with Crippen molar-refractivity contribution in [1.29, 1.82) is 0 Å². The Kier molecular flexibility index (Phi) is 3.97. The fourth-order valence-corrected chi connectivity index (χ4v) is 2.77. The Morgan fingerprint density at radius 2 is 2.32 bits per heavy atom. The van der Waals surface area contributed by atoms with E-state index < -0.39 is 11.1 Å². The molecule has 1 aliphatic rings. The number of methoxy groups -OCH3 is 1. The lowest BCUT2D eigenvalue weighted by Crippen LogP contribution is -2.36. The summed E-state index contributed by atoms with van der Waals surface area (Å²) in [6.07, 6.45) is 5.01. The van der Waals surface area contributed by atoms with Crippen molar-refractivity contribution in [3.63, 3.8) is 0 Å². The van der Waals surface area contributed by atoms with E-state index in [0.29, 0.717) is 17.6 Å². The summed E-state index contributed by atoms with van der Waals surface area (Å²) in [5.74, 6) is 1.77. The molecule has 1 aromatic rings. The van der Waals surface area contributed by atoms with Crippen LogP contribution in [-0.4, -0.2) is 17.3 Å². The van der Waals surface area contributed by atoms with E-state index in [4.69, 9.17) is 15.0 Å². The van der Waals surface area contributed by atoms with E-state index in [0.717, 1.165) is 25.7 Å². The average Bonchev–Trinajstić information content (AvgIpc) is 2.89. The smallest absolute Gasteiger partial charge is 0.246 e. The van der Waals surface area contributed by atoms with Gasteiger partial charge in [0.05, 0.1) is 5.54 Å². The fourth-order valence-electron chi connectivity index (χ4n) is 2.77. The van der Waals surface area contributed by atoms with Crippen molar-refractivity contribution < 1.29 is 9.26 Å². The molecule has 1 aliphatic carbocycles. The van der Waals surface area contributed by atoms with Gasteiger partial charge in [-0.1, -0.05) is 25.4 Å². The predicted octanol–water partition coefficient (Wildman–Crippen LogP) is 2.71. The maximum atomic E-state index is 6.16. The fraction of sp³-hybridized carbons (Fsp3) is 0.857. The van der Waals surface area contributed by atoms with Crippen molar-refractivity contribution in [2.45, 2.75) is 64.0 Å². The third kappa shape index (κ3) is 2.67. The molecular formula is C14H25N3O2. The van der Waals surface area contributed by atoms with E-state index in [9.17, 15) is 0 Å². The summed E-state index contributed by atoms with van der Waals surface area (Å²) >= 11 is 0. The molecule has 3 unspecified atom stereocenters. The summed E-state index contributed by atoms with van der Waals surface area (Å²) in [5, 5.41) is 4.14. The molecule has 3 atom stereocenters. The molecule has 1 fully saturated rings. The molecule has 0 saturated heterocycles. The number of ether oxygens (including phenoxy) is 1. The van der Waals surface area contributed by atoms with E-state index >= 15 is 0 Å². The van der Waals surface area contributed by atoms with Gasteiger partial charge in [-0.3, -0.25) is 0 Å². The molecule has 108 valence electrons. The van der Waals surface area contributed by atoms with Crippen LogP contribution < -0.4 is 5.73 Å². The molecule has 2 rings (SSSR count). The van der Waals surface area contributed by atoms with Crippen LogP contribution >= 0.6 is 0 Å². The Labute approximate surface area is 114 Å². The SMILES string of the molecule is CCC(C)(N)c1nc(C2(OC)CCCC(C)C2)no1. The Bertz CT molecular complexity index is 430. The van der Waals surface area contributed by atoms with Gasteiger partial charge < -0.3 is 15.0 Å². The summed E-state index contributed by atoms with van der Waals surface area (Å²) in [6, 6.07) is 0. The molecule has 0 amide bonds. The summed E-state index contributed by atoms with van der Waals surface area (Å²) in [6.45, 7) is 6.17. The lowest BCUT2D eigenvalue weighted by atomic mass is 9.78. The van der Waals surface area contributed by atoms with Crippen LogP contribution in [0.15, 0.2) is 4.52 Å². The van der Waals surface area contributed by atoms with Gasteiger partial charge in [-0.2, -0.15) is 4.98 Å².